The van der Waals surface area contributed by atoms with E-state index in [4.69, 9.17) is 26.4 Å². The van der Waals surface area contributed by atoms with E-state index < -0.39 is 0 Å². The molecule has 3 rings (SSSR count). The normalized spacial score (nSPS) is 13.5. The highest BCUT2D eigenvalue weighted by Gasteiger charge is 2.18. The second-order valence-corrected chi connectivity index (χ2v) is 7.28. The highest BCUT2D eigenvalue weighted by atomic mass is 32.1. The number of benzene rings is 2. The van der Waals surface area contributed by atoms with Crippen LogP contribution in [0.1, 0.15) is 15.9 Å². The summed E-state index contributed by atoms with van der Waals surface area (Å²) in [6.45, 7) is 2.29. The maximum absolute atomic E-state index is 12.5. The molecule has 168 valence electrons. The summed E-state index contributed by atoms with van der Waals surface area (Å²) in [6, 6.07) is 12.3. The number of nitrogens with one attached hydrogen (secondary N) is 2. The number of rotatable bonds is 6. The van der Waals surface area contributed by atoms with Crippen LogP contribution in [0.25, 0.3) is 6.08 Å². The average Bonchev–Trinajstić information content (AvgIpc) is 2.83. The third-order valence-electron chi connectivity index (χ3n) is 4.76. The van der Waals surface area contributed by atoms with Gasteiger partial charge in [-0.3, -0.25) is 14.9 Å². The Balaban J connectivity index is 1.52. The van der Waals surface area contributed by atoms with E-state index in [1.807, 2.05) is 6.07 Å². The largest absolute Gasteiger partial charge is 0.493 e. The van der Waals surface area contributed by atoms with Gasteiger partial charge in [-0.15, -0.1) is 0 Å². The smallest absolute Gasteiger partial charge is 0.254 e. The van der Waals surface area contributed by atoms with E-state index in [1.165, 1.54) is 6.08 Å². The molecule has 0 unspecified atom stereocenters. The summed E-state index contributed by atoms with van der Waals surface area (Å²) in [7, 11) is 3.11. The standard InChI is InChI=1S/C23H25N3O5S/c1-29-19-9-3-16(15-20(19)30-2)4-10-21(27)25-23(32)24-18-7-5-17(6-8-18)22(28)26-11-13-31-14-12-26/h3-10,15H,11-14H2,1-2H3,(H2,24,25,27,32)/b10-4+. The van der Waals surface area contributed by atoms with Gasteiger partial charge < -0.3 is 24.4 Å². The number of amides is 2. The summed E-state index contributed by atoms with van der Waals surface area (Å²) in [4.78, 5) is 26.4. The minimum absolute atomic E-state index is 0.0315. The Morgan fingerprint density at radius 2 is 1.72 bits per heavy atom. The van der Waals surface area contributed by atoms with Crippen molar-refractivity contribution < 1.29 is 23.8 Å². The predicted octanol–water partition coefficient (Wildman–Crippen LogP) is 2.70. The summed E-state index contributed by atoms with van der Waals surface area (Å²) in [5.74, 6) is 0.771. The zero-order valence-electron chi connectivity index (χ0n) is 17.9. The molecule has 0 radical (unpaired) electrons. The molecule has 0 saturated carbocycles. The third-order valence-corrected chi connectivity index (χ3v) is 4.96. The highest BCUT2D eigenvalue weighted by molar-refractivity contribution is 7.80. The molecule has 8 nitrogen and oxygen atoms in total. The van der Waals surface area contributed by atoms with Crippen molar-refractivity contribution in [2.75, 3.05) is 45.8 Å². The number of methoxy groups -OCH3 is 2. The average molecular weight is 456 g/mol. The van der Waals surface area contributed by atoms with Crippen LogP contribution in [0.3, 0.4) is 0 Å². The quantitative estimate of drug-likeness (QED) is 0.511. The molecule has 9 heteroatoms. The minimum atomic E-state index is -0.378. The van der Waals surface area contributed by atoms with E-state index in [1.54, 1.807) is 61.6 Å². The second-order valence-electron chi connectivity index (χ2n) is 6.87. The van der Waals surface area contributed by atoms with Crippen LogP contribution in [0.4, 0.5) is 5.69 Å². The molecule has 1 fully saturated rings. The maximum atomic E-state index is 12.5. The van der Waals surface area contributed by atoms with Crippen molar-refractivity contribution in [1.29, 1.82) is 0 Å². The lowest BCUT2D eigenvalue weighted by molar-refractivity contribution is -0.115. The number of ether oxygens (including phenoxy) is 3. The Bertz CT molecular complexity index is 1000. The van der Waals surface area contributed by atoms with Gasteiger partial charge in [0.15, 0.2) is 16.6 Å². The van der Waals surface area contributed by atoms with E-state index in [0.717, 1.165) is 5.56 Å². The Morgan fingerprint density at radius 1 is 1.03 bits per heavy atom. The predicted molar refractivity (Wildman–Crippen MR) is 126 cm³/mol. The first-order chi connectivity index (χ1) is 15.5. The molecule has 1 aliphatic heterocycles. The summed E-state index contributed by atoms with van der Waals surface area (Å²) in [6.07, 6.45) is 3.02. The summed E-state index contributed by atoms with van der Waals surface area (Å²) in [5, 5.41) is 5.67. The number of carbonyl (C=O) groups is 2. The van der Waals surface area contributed by atoms with E-state index in [-0.39, 0.29) is 16.9 Å². The molecule has 0 bridgehead atoms. The summed E-state index contributed by atoms with van der Waals surface area (Å²) in [5.41, 5.74) is 2.03. The van der Waals surface area contributed by atoms with Gasteiger partial charge in [0, 0.05) is 30.4 Å². The van der Waals surface area contributed by atoms with Crippen LogP contribution in [0.5, 0.6) is 11.5 Å². The third kappa shape index (κ3) is 6.29. The van der Waals surface area contributed by atoms with Crippen LogP contribution < -0.4 is 20.1 Å². The number of nitrogens with zero attached hydrogens (tertiary/aromatic N) is 1. The van der Waals surface area contributed by atoms with Gasteiger partial charge >= 0.3 is 0 Å². The Hall–Kier alpha value is -3.43. The first kappa shape index (κ1) is 23.2. The molecular weight excluding hydrogens is 430 g/mol. The Morgan fingerprint density at radius 3 is 2.38 bits per heavy atom. The number of hydrogen-bond donors (Lipinski definition) is 2. The molecule has 1 aliphatic rings. The Kier molecular flexibility index (Phi) is 8.18. The molecule has 2 N–H and O–H groups in total. The molecule has 0 atom stereocenters. The zero-order valence-corrected chi connectivity index (χ0v) is 18.7. The maximum Gasteiger partial charge on any atom is 0.254 e. The van der Waals surface area contributed by atoms with Crippen molar-refractivity contribution in [3.8, 4) is 11.5 Å². The van der Waals surface area contributed by atoms with Gasteiger partial charge in [-0.25, -0.2) is 0 Å². The molecule has 1 heterocycles. The van der Waals surface area contributed by atoms with Crippen LogP contribution in [0.15, 0.2) is 48.5 Å². The van der Waals surface area contributed by atoms with Crippen LogP contribution in [-0.2, 0) is 9.53 Å². The fourth-order valence-electron chi connectivity index (χ4n) is 3.09. The topological polar surface area (TPSA) is 89.1 Å². The van der Waals surface area contributed by atoms with Gasteiger partial charge in [-0.1, -0.05) is 6.07 Å². The molecule has 0 aliphatic carbocycles. The fourth-order valence-corrected chi connectivity index (χ4v) is 3.31. The summed E-state index contributed by atoms with van der Waals surface area (Å²) < 4.78 is 15.7. The van der Waals surface area contributed by atoms with Crippen LogP contribution in [-0.4, -0.2) is 62.3 Å². The van der Waals surface area contributed by atoms with Gasteiger partial charge in [0.25, 0.3) is 5.91 Å². The molecule has 2 aromatic carbocycles. The Labute approximate surface area is 192 Å². The van der Waals surface area contributed by atoms with Gasteiger partial charge in [-0.2, -0.15) is 0 Å². The zero-order chi connectivity index (χ0) is 22.9. The van der Waals surface area contributed by atoms with Crippen LogP contribution in [0, 0.1) is 0 Å². The summed E-state index contributed by atoms with van der Waals surface area (Å²) >= 11 is 5.20. The number of carbonyl (C=O) groups excluding carboxylic acids is 2. The molecular formula is C23H25N3O5S. The molecule has 0 aromatic heterocycles. The number of morpholine rings is 1. The minimum Gasteiger partial charge on any atom is -0.493 e. The van der Waals surface area contributed by atoms with Crippen molar-refractivity contribution >= 4 is 40.9 Å². The van der Waals surface area contributed by atoms with E-state index in [0.29, 0.717) is 49.1 Å². The molecule has 2 amide bonds. The van der Waals surface area contributed by atoms with Crippen LogP contribution in [0.2, 0.25) is 0 Å². The van der Waals surface area contributed by atoms with E-state index in [9.17, 15) is 9.59 Å². The monoisotopic (exact) mass is 455 g/mol. The van der Waals surface area contributed by atoms with Crippen molar-refractivity contribution in [3.05, 3.63) is 59.7 Å². The van der Waals surface area contributed by atoms with Crippen molar-refractivity contribution in [2.45, 2.75) is 0 Å². The van der Waals surface area contributed by atoms with Gasteiger partial charge in [0.05, 0.1) is 27.4 Å². The van der Waals surface area contributed by atoms with Gasteiger partial charge in [0.2, 0.25) is 5.91 Å². The van der Waals surface area contributed by atoms with Gasteiger partial charge in [-0.05, 0) is 60.3 Å². The van der Waals surface area contributed by atoms with Crippen molar-refractivity contribution in [1.82, 2.24) is 10.2 Å². The van der Waals surface area contributed by atoms with E-state index in [2.05, 4.69) is 10.6 Å². The van der Waals surface area contributed by atoms with Crippen molar-refractivity contribution in [2.24, 2.45) is 0 Å². The lowest BCUT2D eigenvalue weighted by Gasteiger charge is -2.26. The lowest BCUT2D eigenvalue weighted by Crippen LogP contribution is -2.40. The highest BCUT2D eigenvalue weighted by Crippen LogP contribution is 2.27. The lowest BCUT2D eigenvalue weighted by atomic mass is 10.1. The molecule has 2 aromatic rings. The molecule has 1 saturated heterocycles. The first-order valence-electron chi connectivity index (χ1n) is 9.99. The van der Waals surface area contributed by atoms with Crippen molar-refractivity contribution in [3.63, 3.8) is 0 Å². The second kappa shape index (κ2) is 11.3. The molecule has 0 spiro atoms. The van der Waals surface area contributed by atoms with Crippen LogP contribution >= 0.6 is 12.2 Å². The SMILES string of the molecule is COc1ccc(/C=C/C(=O)NC(=S)Nc2ccc(C(=O)N3CCOCC3)cc2)cc1OC. The number of hydrogen-bond acceptors (Lipinski definition) is 6. The molecule has 32 heavy (non-hydrogen) atoms. The first-order valence-corrected chi connectivity index (χ1v) is 10.4. The van der Waals surface area contributed by atoms with Gasteiger partial charge in [0.1, 0.15) is 0 Å². The fraction of sp³-hybridized carbons (Fsp3) is 0.261. The van der Waals surface area contributed by atoms with E-state index >= 15 is 0 Å². The number of anilines is 1. The number of thiocarbonyl (C=S) groups is 1.